The van der Waals surface area contributed by atoms with Gasteiger partial charge in [-0.1, -0.05) is 47.1 Å². The lowest BCUT2D eigenvalue weighted by molar-refractivity contribution is -0.123. The highest BCUT2D eigenvalue weighted by Crippen LogP contribution is 2.48. The summed E-state index contributed by atoms with van der Waals surface area (Å²) >= 11 is 3.49. The number of nitrogens with zero attached hydrogens (tertiary/aromatic N) is 3. The Balaban J connectivity index is 1.46. The molecule has 3 aromatic rings. The Bertz CT molecular complexity index is 973. The van der Waals surface area contributed by atoms with Crippen molar-refractivity contribution in [2.45, 2.75) is 32.2 Å². The van der Waals surface area contributed by atoms with E-state index < -0.39 is 0 Å². The Morgan fingerprint density at radius 3 is 2.75 bits per heavy atom. The minimum absolute atomic E-state index is 0.0156. The predicted octanol–water partition coefficient (Wildman–Crippen LogP) is 4.51. The third kappa shape index (κ3) is 3.99. The minimum Gasteiger partial charge on any atom is -0.344 e. The van der Waals surface area contributed by atoms with Crippen LogP contribution in [0.4, 0.5) is 0 Å². The molecule has 0 saturated heterocycles. The van der Waals surface area contributed by atoms with Crippen LogP contribution < -0.4 is 5.32 Å². The highest BCUT2D eigenvalue weighted by atomic mass is 79.9. The molecule has 2 heterocycles. The van der Waals surface area contributed by atoms with Gasteiger partial charge in [-0.3, -0.25) is 9.78 Å². The molecule has 3 unspecified atom stereocenters. The van der Waals surface area contributed by atoms with Gasteiger partial charge in [0.05, 0.1) is 0 Å². The van der Waals surface area contributed by atoms with Gasteiger partial charge in [-0.25, -0.2) is 0 Å². The lowest BCUT2D eigenvalue weighted by Crippen LogP contribution is -2.33. The van der Waals surface area contributed by atoms with E-state index in [9.17, 15) is 4.79 Å². The molecular weight excluding hydrogens is 420 g/mol. The lowest BCUT2D eigenvalue weighted by Gasteiger charge is -2.18. The van der Waals surface area contributed by atoms with Crippen LogP contribution in [0.15, 0.2) is 57.8 Å². The zero-order chi connectivity index (χ0) is 19.7. The van der Waals surface area contributed by atoms with Crippen molar-refractivity contribution in [2.24, 2.45) is 11.8 Å². The molecule has 1 aliphatic rings. The molecule has 4 rings (SSSR count). The van der Waals surface area contributed by atoms with Crippen molar-refractivity contribution in [3.8, 4) is 11.4 Å². The number of amides is 1. The molecule has 1 N–H and O–H groups in total. The third-order valence-electron chi connectivity index (χ3n) is 5.01. The molecule has 0 bridgehead atoms. The standard InChI is InChI=1S/C21H21BrN4O2/c1-12(2)18(21-25-19(26-28-21)13-6-8-23-9-7-13)24-20(27)17-11-16(17)14-4-3-5-15(22)10-14/h3-10,12,16-18H,11H2,1-2H3,(H,24,27). The number of rotatable bonds is 6. The summed E-state index contributed by atoms with van der Waals surface area (Å²) in [5.74, 6) is 1.33. The quantitative estimate of drug-likeness (QED) is 0.609. The summed E-state index contributed by atoms with van der Waals surface area (Å²) in [5.41, 5.74) is 2.02. The van der Waals surface area contributed by atoms with E-state index in [1.165, 1.54) is 5.56 Å². The Morgan fingerprint density at radius 2 is 2.04 bits per heavy atom. The first-order valence-corrected chi connectivity index (χ1v) is 10.1. The molecular formula is C21H21BrN4O2. The fourth-order valence-corrected chi connectivity index (χ4v) is 3.76. The normalized spacial score (nSPS) is 19.4. The maximum atomic E-state index is 12.8. The summed E-state index contributed by atoms with van der Waals surface area (Å²) < 4.78 is 6.50. The van der Waals surface area contributed by atoms with Gasteiger partial charge in [-0.05, 0) is 48.1 Å². The first-order chi connectivity index (χ1) is 13.5. The number of aromatic nitrogens is 3. The predicted molar refractivity (Wildman–Crippen MR) is 108 cm³/mol. The van der Waals surface area contributed by atoms with Crippen molar-refractivity contribution >= 4 is 21.8 Å². The van der Waals surface area contributed by atoms with Crippen molar-refractivity contribution < 1.29 is 9.32 Å². The second-order valence-corrected chi connectivity index (χ2v) is 8.34. The highest BCUT2D eigenvalue weighted by molar-refractivity contribution is 9.10. The largest absolute Gasteiger partial charge is 0.344 e. The van der Waals surface area contributed by atoms with Crippen LogP contribution in [0.5, 0.6) is 0 Å². The van der Waals surface area contributed by atoms with Crippen LogP contribution in [0.2, 0.25) is 0 Å². The number of carbonyl (C=O) groups excluding carboxylic acids is 1. The SMILES string of the molecule is CC(C)C(NC(=O)C1CC1c1cccc(Br)c1)c1nc(-c2ccncc2)no1. The number of nitrogens with one attached hydrogen (secondary N) is 1. The van der Waals surface area contributed by atoms with E-state index >= 15 is 0 Å². The van der Waals surface area contributed by atoms with E-state index in [-0.39, 0.29) is 29.7 Å². The fraction of sp³-hybridized carbons (Fsp3) is 0.333. The van der Waals surface area contributed by atoms with Crippen molar-refractivity contribution in [3.63, 3.8) is 0 Å². The van der Waals surface area contributed by atoms with Crippen LogP contribution in [-0.2, 0) is 4.79 Å². The smallest absolute Gasteiger partial charge is 0.249 e. The lowest BCUT2D eigenvalue weighted by atomic mass is 10.0. The van der Waals surface area contributed by atoms with Gasteiger partial charge in [-0.15, -0.1) is 0 Å². The molecule has 1 saturated carbocycles. The van der Waals surface area contributed by atoms with Gasteiger partial charge in [0.25, 0.3) is 0 Å². The molecule has 0 aliphatic heterocycles. The van der Waals surface area contributed by atoms with Crippen LogP contribution in [0.1, 0.15) is 43.7 Å². The Kier molecular flexibility index (Phi) is 5.26. The summed E-state index contributed by atoms with van der Waals surface area (Å²) in [6, 6.07) is 11.5. The van der Waals surface area contributed by atoms with E-state index in [1.54, 1.807) is 12.4 Å². The highest BCUT2D eigenvalue weighted by Gasteiger charge is 2.45. The second kappa shape index (κ2) is 7.83. The minimum atomic E-state index is -0.320. The third-order valence-corrected chi connectivity index (χ3v) is 5.51. The summed E-state index contributed by atoms with van der Waals surface area (Å²) in [5, 5.41) is 7.17. The van der Waals surface area contributed by atoms with Crippen LogP contribution in [0, 0.1) is 11.8 Å². The number of hydrogen-bond acceptors (Lipinski definition) is 5. The summed E-state index contributed by atoms with van der Waals surface area (Å²) in [6.45, 7) is 4.06. The van der Waals surface area contributed by atoms with Crippen molar-refractivity contribution in [1.82, 2.24) is 20.4 Å². The van der Waals surface area contributed by atoms with Gasteiger partial charge < -0.3 is 9.84 Å². The number of halogens is 1. The monoisotopic (exact) mass is 440 g/mol. The second-order valence-electron chi connectivity index (χ2n) is 7.43. The van der Waals surface area contributed by atoms with Crippen LogP contribution in [-0.4, -0.2) is 21.0 Å². The average molecular weight is 441 g/mol. The van der Waals surface area contributed by atoms with Gasteiger partial charge in [0.2, 0.25) is 17.6 Å². The van der Waals surface area contributed by atoms with Crippen molar-refractivity contribution in [1.29, 1.82) is 0 Å². The van der Waals surface area contributed by atoms with Gasteiger partial charge >= 0.3 is 0 Å². The van der Waals surface area contributed by atoms with Crippen LogP contribution in [0.3, 0.4) is 0 Å². The van der Waals surface area contributed by atoms with E-state index in [0.29, 0.717) is 11.7 Å². The number of carbonyl (C=O) groups is 1. The van der Waals surface area contributed by atoms with Gasteiger partial charge in [0.1, 0.15) is 6.04 Å². The molecule has 144 valence electrons. The van der Waals surface area contributed by atoms with Gasteiger partial charge in [-0.2, -0.15) is 4.98 Å². The molecule has 28 heavy (non-hydrogen) atoms. The Morgan fingerprint density at radius 1 is 1.25 bits per heavy atom. The molecule has 3 atom stereocenters. The first kappa shape index (κ1) is 18.8. The van der Waals surface area contributed by atoms with E-state index in [2.05, 4.69) is 48.5 Å². The molecule has 0 spiro atoms. The van der Waals surface area contributed by atoms with E-state index in [0.717, 1.165) is 16.5 Å². The summed E-state index contributed by atoms with van der Waals surface area (Å²) in [4.78, 5) is 21.3. The topological polar surface area (TPSA) is 80.9 Å². The van der Waals surface area contributed by atoms with Crippen LogP contribution in [0.25, 0.3) is 11.4 Å². The number of hydrogen-bond donors (Lipinski definition) is 1. The zero-order valence-corrected chi connectivity index (χ0v) is 17.3. The van der Waals surface area contributed by atoms with Gasteiger partial charge in [0, 0.05) is 28.3 Å². The Hall–Kier alpha value is -2.54. The number of benzene rings is 1. The molecule has 1 aliphatic carbocycles. The Labute approximate surface area is 171 Å². The fourth-order valence-electron chi connectivity index (χ4n) is 3.34. The molecule has 6 nitrogen and oxygen atoms in total. The van der Waals surface area contributed by atoms with Crippen LogP contribution >= 0.6 is 15.9 Å². The molecule has 1 amide bonds. The maximum Gasteiger partial charge on any atom is 0.249 e. The summed E-state index contributed by atoms with van der Waals surface area (Å²) in [6.07, 6.45) is 4.23. The zero-order valence-electron chi connectivity index (χ0n) is 15.7. The molecule has 1 fully saturated rings. The maximum absolute atomic E-state index is 12.8. The summed E-state index contributed by atoms with van der Waals surface area (Å²) in [7, 11) is 0. The van der Waals surface area contributed by atoms with E-state index in [4.69, 9.17) is 4.52 Å². The first-order valence-electron chi connectivity index (χ1n) is 9.32. The molecule has 2 aromatic heterocycles. The van der Waals surface area contributed by atoms with Crippen molar-refractivity contribution in [3.05, 3.63) is 64.7 Å². The molecule has 0 radical (unpaired) electrons. The number of pyridine rings is 1. The van der Waals surface area contributed by atoms with Gasteiger partial charge in [0.15, 0.2) is 0 Å². The molecule has 1 aromatic carbocycles. The van der Waals surface area contributed by atoms with Crippen molar-refractivity contribution in [2.75, 3.05) is 0 Å². The molecule has 7 heteroatoms. The average Bonchev–Trinajstić information content (AvgIpc) is 3.36. The van der Waals surface area contributed by atoms with E-state index in [1.807, 2.05) is 38.1 Å².